The zero-order chi connectivity index (χ0) is 14.2. The zero-order valence-corrected chi connectivity index (χ0v) is 11.7. The number of methoxy groups -OCH3 is 2. The Morgan fingerprint density at radius 2 is 1.56 bits per heavy atom. The summed E-state index contributed by atoms with van der Waals surface area (Å²) in [5.41, 5.74) is 0. The SMILES string of the molecule is COC(=O)CCCS(=O)(=O)N(C)CCC(=O)OC. The van der Waals surface area contributed by atoms with Crippen molar-refractivity contribution in [2.45, 2.75) is 19.3 Å². The lowest BCUT2D eigenvalue weighted by Gasteiger charge is -2.16. The lowest BCUT2D eigenvalue weighted by atomic mass is 10.3. The van der Waals surface area contributed by atoms with Gasteiger partial charge in [-0.2, -0.15) is 0 Å². The van der Waals surface area contributed by atoms with Crippen molar-refractivity contribution < 1.29 is 27.5 Å². The van der Waals surface area contributed by atoms with Crippen LogP contribution in [0, 0.1) is 0 Å². The molecular formula is C10H19NO6S. The molecule has 106 valence electrons. The minimum Gasteiger partial charge on any atom is -0.469 e. The summed E-state index contributed by atoms with van der Waals surface area (Å²) < 4.78 is 33.4. The highest BCUT2D eigenvalue weighted by Gasteiger charge is 2.19. The Morgan fingerprint density at radius 3 is 2.06 bits per heavy atom. The molecule has 0 bridgehead atoms. The first-order chi connectivity index (χ1) is 8.33. The third-order valence-electron chi connectivity index (χ3n) is 2.34. The van der Waals surface area contributed by atoms with Crippen molar-refractivity contribution in [1.29, 1.82) is 0 Å². The van der Waals surface area contributed by atoms with Crippen LogP contribution in [0.4, 0.5) is 0 Å². The zero-order valence-electron chi connectivity index (χ0n) is 10.8. The fraction of sp³-hybridized carbons (Fsp3) is 0.800. The molecule has 0 aliphatic rings. The standard InChI is InChI=1S/C10H19NO6S/c1-11(7-6-10(13)17-3)18(14,15)8-4-5-9(12)16-2/h4-8H2,1-3H3. The predicted octanol–water partition coefficient (Wildman–Crippen LogP) is -0.236. The molecule has 0 aliphatic carbocycles. The monoisotopic (exact) mass is 281 g/mol. The second kappa shape index (κ2) is 8.04. The van der Waals surface area contributed by atoms with Crippen LogP contribution in [0.1, 0.15) is 19.3 Å². The molecule has 0 heterocycles. The number of ether oxygens (including phenoxy) is 2. The summed E-state index contributed by atoms with van der Waals surface area (Å²) in [4.78, 5) is 21.7. The molecule has 0 spiro atoms. The average molecular weight is 281 g/mol. The number of nitrogens with zero attached hydrogens (tertiary/aromatic N) is 1. The molecule has 0 saturated carbocycles. The summed E-state index contributed by atoms with van der Waals surface area (Å²) >= 11 is 0. The van der Waals surface area contributed by atoms with Crippen LogP contribution in [0.25, 0.3) is 0 Å². The Morgan fingerprint density at radius 1 is 1.06 bits per heavy atom. The molecule has 0 saturated heterocycles. The second-order valence-electron chi connectivity index (χ2n) is 3.64. The van der Waals surface area contributed by atoms with Crippen LogP contribution < -0.4 is 0 Å². The number of carbonyl (C=O) groups excluding carboxylic acids is 2. The Bertz CT molecular complexity index is 378. The first-order valence-electron chi connectivity index (χ1n) is 5.41. The van der Waals surface area contributed by atoms with Gasteiger partial charge in [-0.3, -0.25) is 9.59 Å². The van der Waals surface area contributed by atoms with E-state index in [1.54, 1.807) is 0 Å². The molecule has 0 aromatic rings. The molecule has 0 rings (SSSR count). The molecule has 8 heteroatoms. The molecule has 0 unspecified atom stereocenters. The van der Waals surface area contributed by atoms with E-state index in [0.29, 0.717) is 0 Å². The topological polar surface area (TPSA) is 90.0 Å². The highest BCUT2D eigenvalue weighted by atomic mass is 32.2. The highest BCUT2D eigenvalue weighted by molar-refractivity contribution is 7.89. The van der Waals surface area contributed by atoms with Gasteiger partial charge in [-0.05, 0) is 6.42 Å². The molecule has 0 atom stereocenters. The van der Waals surface area contributed by atoms with Crippen LogP contribution in [0.15, 0.2) is 0 Å². The number of hydrogen-bond donors (Lipinski definition) is 0. The van der Waals surface area contributed by atoms with E-state index in [4.69, 9.17) is 0 Å². The maximum atomic E-state index is 11.7. The van der Waals surface area contributed by atoms with Gasteiger partial charge in [-0.15, -0.1) is 0 Å². The second-order valence-corrected chi connectivity index (χ2v) is 5.84. The van der Waals surface area contributed by atoms with Crippen LogP contribution in [-0.2, 0) is 29.1 Å². The molecular weight excluding hydrogens is 262 g/mol. The molecule has 18 heavy (non-hydrogen) atoms. The van der Waals surface area contributed by atoms with Gasteiger partial charge in [0.15, 0.2) is 0 Å². The number of rotatable bonds is 8. The molecule has 7 nitrogen and oxygen atoms in total. The van der Waals surface area contributed by atoms with Crippen LogP contribution in [0.3, 0.4) is 0 Å². The summed E-state index contributed by atoms with van der Waals surface area (Å²) in [6, 6.07) is 0. The Labute approximate surface area is 107 Å². The first-order valence-corrected chi connectivity index (χ1v) is 7.02. The van der Waals surface area contributed by atoms with Gasteiger partial charge >= 0.3 is 11.9 Å². The smallest absolute Gasteiger partial charge is 0.306 e. The van der Waals surface area contributed by atoms with E-state index < -0.39 is 22.0 Å². The van der Waals surface area contributed by atoms with Crippen LogP contribution >= 0.6 is 0 Å². The molecule has 0 aliphatic heterocycles. The fourth-order valence-corrected chi connectivity index (χ4v) is 2.34. The Kier molecular flexibility index (Phi) is 7.53. The van der Waals surface area contributed by atoms with Crippen molar-refractivity contribution in [1.82, 2.24) is 4.31 Å². The number of esters is 2. The van der Waals surface area contributed by atoms with Gasteiger partial charge in [0.25, 0.3) is 0 Å². The van der Waals surface area contributed by atoms with Crippen molar-refractivity contribution in [3.8, 4) is 0 Å². The third kappa shape index (κ3) is 6.55. The molecule has 0 fully saturated rings. The van der Waals surface area contributed by atoms with Crippen molar-refractivity contribution in [3.63, 3.8) is 0 Å². The van der Waals surface area contributed by atoms with Crippen LogP contribution in [0.2, 0.25) is 0 Å². The lowest BCUT2D eigenvalue weighted by Crippen LogP contribution is -2.31. The van der Waals surface area contributed by atoms with E-state index in [-0.39, 0.29) is 31.6 Å². The molecule has 0 aromatic carbocycles. The number of hydrogen-bond acceptors (Lipinski definition) is 6. The van der Waals surface area contributed by atoms with Crippen molar-refractivity contribution in [2.24, 2.45) is 0 Å². The third-order valence-corrected chi connectivity index (χ3v) is 4.28. The van der Waals surface area contributed by atoms with Gasteiger partial charge in [0.2, 0.25) is 10.0 Å². The summed E-state index contributed by atoms with van der Waals surface area (Å²) in [6.45, 7) is 0.0627. The van der Waals surface area contributed by atoms with E-state index in [1.807, 2.05) is 0 Å². The number of sulfonamides is 1. The van der Waals surface area contributed by atoms with Gasteiger partial charge in [0.05, 0.1) is 26.4 Å². The number of carbonyl (C=O) groups is 2. The van der Waals surface area contributed by atoms with Gasteiger partial charge in [0, 0.05) is 20.0 Å². The first kappa shape index (κ1) is 16.9. The minimum absolute atomic E-state index is 0.00321. The van der Waals surface area contributed by atoms with E-state index in [9.17, 15) is 18.0 Å². The molecule has 0 radical (unpaired) electrons. The van der Waals surface area contributed by atoms with E-state index >= 15 is 0 Å². The normalized spacial score (nSPS) is 11.3. The summed E-state index contributed by atoms with van der Waals surface area (Å²) in [6.07, 6.45) is 0.251. The molecule has 0 N–H and O–H groups in total. The van der Waals surface area contributed by atoms with Crippen LogP contribution in [-0.4, -0.2) is 58.2 Å². The van der Waals surface area contributed by atoms with Crippen molar-refractivity contribution in [3.05, 3.63) is 0 Å². The lowest BCUT2D eigenvalue weighted by molar-refractivity contribution is -0.141. The maximum Gasteiger partial charge on any atom is 0.306 e. The minimum atomic E-state index is -3.45. The van der Waals surface area contributed by atoms with Crippen molar-refractivity contribution in [2.75, 3.05) is 33.6 Å². The van der Waals surface area contributed by atoms with Gasteiger partial charge in [-0.25, -0.2) is 12.7 Å². The van der Waals surface area contributed by atoms with Gasteiger partial charge in [-0.1, -0.05) is 0 Å². The quantitative estimate of drug-likeness (QED) is 0.571. The Balaban J connectivity index is 4.11. The maximum absolute atomic E-state index is 11.7. The molecule has 0 amide bonds. The van der Waals surface area contributed by atoms with E-state index in [1.165, 1.54) is 21.3 Å². The fourth-order valence-electron chi connectivity index (χ4n) is 1.15. The summed E-state index contributed by atoms with van der Waals surface area (Å²) in [5, 5.41) is 0. The van der Waals surface area contributed by atoms with Crippen molar-refractivity contribution >= 4 is 22.0 Å². The van der Waals surface area contributed by atoms with Gasteiger partial charge in [0.1, 0.15) is 0 Å². The van der Waals surface area contributed by atoms with Gasteiger partial charge < -0.3 is 9.47 Å². The van der Waals surface area contributed by atoms with E-state index in [0.717, 1.165) is 4.31 Å². The van der Waals surface area contributed by atoms with Crippen LogP contribution in [0.5, 0.6) is 0 Å². The average Bonchev–Trinajstić information content (AvgIpc) is 2.34. The summed E-state index contributed by atoms with van der Waals surface area (Å²) in [7, 11) is 0.428. The largest absolute Gasteiger partial charge is 0.469 e. The molecule has 0 aromatic heterocycles. The Hall–Kier alpha value is -1.15. The predicted molar refractivity (Wildman–Crippen MR) is 64.3 cm³/mol. The highest BCUT2D eigenvalue weighted by Crippen LogP contribution is 2.04. The summed E-state index contributed by atoms with van der Waals surface area (Å²) in [5.74, 6) is -1.06. The van der Waals surface area contributed by atoms with E-state index in [2.05, 4.69) is 9.47 Å².